The highest BCUT2D eigenvalue weighted by atomic mass is 16.5. The molecule has 9 rings (SSSR count). The van der Waals surface area contributed by atoms with Crippen LogP contribution >= 0.6 is 0 Å². The van der Waals surface area contributed by atoms with Gasteiger partial charge in [0.1, 0.15) is 41.5 Å². The van der Waals surface area contributed by atoms with Gasteiger partial charge < -0.3 is 40.0 Å². The SMILES string of the molecule is COc1cc2c(cc1O)CC#Cc1nc(N)ccc1C(C(CO)Cc1ccccc1)C1CCC3(Cc4cc(O)cc(OC)c4-c4ccc5c(c43)OC2C5COC(C)=O)C1. The summed E-state index contributed by atoms with van der Waals surface area (Å²) in [7, 11) is 3.13. The van der Waals surface area contributed by atoms with Crippen LogP contribution in [-0.2, 0) is 34.2 Å². The third-order valence-corrected chi connectivity index (χ3v) is 13.2. The minimum Gasteiger partial charge on any atom is -0.508 e. The van der Waals surface area contributed by atoms with Crippen molar-refractivity contribution >= 4 is 11.8 Å². The Morgan fingerprint density at radius 1 is 0.983 bits per heavy atom. The molecule has 6 atom stereocenters. The van der Waals surface area contributed by atoms with Crippen molar-refractivity contribution in [2.75, 3.05) is 33.2 Å². The van der Waals surface area contributed by atoms with E-state index in [-0.39, 0.29) is 54.6 Å². The Bertz CT molecular complexity index is 2530. The summed E-state index contributed by atoms with van der Waals surface area (Å²) in [6.07, 6.45) is 3.29. The molecule has 6 unspecified atom stereocenters. The molecule has 4 aliphatic rings. The fourth-order valence-electron chi connectivity index (χ4n) is 10.8. The largest absolute Gasteiger partial charge is 0.508 e. The van der Waals surface area contributed by atoms with Crippen LogP contribution in [0.15, 0.2) is 78.9 Å². The molecule has 0 radical (unpaired) electrons. The first-order valence-electron chi connectivity index (χ1n) is 20.3. The van der Waals surface area contributed by atoms with E-state index in [4.69, 9.17) is 29.7 Å². The van der Waals surface area contributed by atoms with Gasteiger partial charge in [0.15, 0.2) is 11.5 Å². The average Bonchev–Trinajstić information content (AvgIpc) is 3.81. The molecular weight excluding hydrogens is 745 g/mol. The number of nitrogens with zero attached hydrogens (tertiary/aromatic N) is 1. The third kappa shape index (κ3) is 6.67. The number of anilines is 1. The number of nitrogens with two attached hydrogens (primary N) is 1. The van der Waals surface area contributed by atoms with E-state index < -0.39 is 23.4 Å². The molecule has 3 heterocycles. The van der Waals surface area contributed by atoms with Crippen LogP contribution in [0.25, 0.3) is 11.1 Å². The highest BCUT2D eigenvalue weighted by Crippen LogP contribution is 2.64. The highest BCUT2D eigenvalue weighted by Gasteiger charge is 2.53. The number of aromatic nitrogens is 1. The predicted octanol–water partition coefficient (Wildman–Crippen LogP) is 7.68. The summed E-state index contributed by atoms with van der Waals surface area (Å²) in [6, 6.07) is 25.3. The summed E-state index contributed by atoms with van der Waals surface area (Å²) < 4.78 is 24.7. The van der Waals surface area contributed by atoms with Gasteiger partial charge in [-0.25, -0.2) is 4.98 Å². The molecule has 2 aliphatic carbocycles. The number of fused-ring (bicyclic) bond motifs is 7. The number of carbonyl (C=O) groups is 1. The number of aliphatic hydroxyl groups is 1. The van der Waals surface area contributed by atoms with Crippen LogP contribution in [0.4, 0.5) is 5.82 Å². The van der Waals surface area contributed by atoms with Gasteiger partial charge in [-0.1, -0.05) is 54.5 Å². The van der Waals surface area contributed by atoms with Gasteiger partial charge in [-0.15, -0.1) is 0 Å². The standard InChI is InChI=1S/C49H48N2O8/c1-27(53)58-26-38-34-12-13-36-45-31(19-33(54)21-42(45)57-3)24-49-17-16-30(23-49)44(32(25-52)18-28-8-5-4-6-9-28)35-14-15-43(50)51-39(35)11-7-10-29-20-40(55)41(56-2)22-37(29)47(38)59-48(34)46(36)49/h4-6,8-9,12-15,19-22,30,32,38,44,47,52,54-55H,10,16-18,23-26H2,1-3H3,(H2,50,51). The van der Waals surface area contributed by atoms with Crippen molar-refractivity contribution < 1.29 is 39.1 Å². The van der Waals surface area contributed by atoms with Crippen molar-refractivity contribution in [2.24, 2.45) is 11.8 Å². The first kappa shape index (κ1) is 38.3. The lowest BCUT2D eigenvalue weighted by Crippen LogP contribution is -2.33. The monoisotopic (exact) mass is 792 g/mol. The maximum Gasteiger partial charge on any atom is 0.302 e. The maximum absolute atomic E-state index is 12.4. The van der Waals surface area contributed by atoms with E-state index in [0.717, 1.165) is 75.1 Å². The van der Waals surface area contributed by atoms with Crippen LogP contribution in [0.5, 0.6) is 28.7 Å². The number of hydrogen-bond acceptors (Lipinski definition) is 10. The van der Waals surface area contributed by atoms with Crippen LogP contribution in [0.1, 0.15) is 88.8 Å². The van der Waals surface area contributed by atoms with Crippen molar-refractivity contribution in [1.29, 1.82) is 0 Å². The van der Waals surface area contributed by atoms with E-state index in [1.165, 1.54) is 14.0 Å². The fraction of sp³-hybridized carbons (Fsp3) is 0.347. The summed E-state index contributed by atoms with van der Waals surface area (Å²) >= 11 is 0. The summed E-state index contributed by atoms with van der Waals surface area (Å²) in [5.74, 6) is 7.79. The average molecular weight is 793 g/mol. The van der Waals surface area contributed by atoms with E-state index >= 15 is 0 Å². The Kier molecular flexibility index (Phi) is 9.88. The van der Waals surface area contributed by atoms with E-state index in [1.807, 2.05) is 36.4 Å². The number of ether oxygens (including phenoxy) is 4. The second-order valence-electron chi connectivity index (χ2n) is 16.5. The van der Waals surface area contributed by atoms with Crippen molar-refractivity contribution in [3.63, 3.8) is 0 Å². The molecule has 0 saturated heterocycles. The van der Waals surface area contributed by atoms with E-state index in [1.54, 1.807) is 25.3 Å². The third-order valence-electron chi connectivity index (χ3n) is 13.2. The Morgan fingerprint density at radius 2 is 1.78 bits per heavy atom. The lowest BCUT2D eigenvalue weighted by molar-refractivity contribution is -0.141. The van der Waals surface area contributed by atoms with Crippen LogP contribution in [0.3, 0.4) is 0 Å². The molecule has 5 N–H and O–H groups in total. The molecule has 0 amide bonds. The van der Waals surface area contributed by atoms with Crippen LogP contribution in [0.2, 0.25) is 0 Å². The Morgan fingerprint density at radius 3 is 2.54 bits per heavy atom. The number of hydrogen-bond donors (Lipinski definition) is 4. The van der Waals surface area contributed by atoms with Crippen molar-refractivity contribution in [1.82, 2.24) is 4.98 Å². The molecule has 302 valence electrons. The molecule has 1 spiro atoms. The quantitative estimate of drug-likeness (QED) is 0.0910. The van der Waals surface area contributed by atoms with Gasteiger partial charge in [-0.3, -0.25) is 4.79 Å². The molecule has 1 fully saturated rings. The van der Waals surface area contributed by atoms with Gasteiger partial charge in [-0.2, -0.15) is 0 Å². The summed E-state index contributed by atoms with van der Waals surface area (Å²) in [6.45, 7) is 1.43. The van der Waals surface area contributed by atoms with Gasteiger partial charge in [-0.05, 0) is 108 Å². The van der Waals surface area contributed by atoms with Crippen LogP contribution < -0.4 is 19.9 Å². The lowest BCUT2D eigenvalue weighted by Gasteiger charge is -2.40. The second-order valence-corrected chi connectivity index (χ2v) is 16.5. The topological polar surface area (TPSA) is 154 Å². The van der Waals surface area contributed by atoms with Gasteiger partial charge in [0.25, 0.3) is 0 Å². The number of pyridine rings is 1. The number of nitrogen functional groups attached to an aromatic ring is 1. The molecule has 59 heavy (non-hydrogen) atoms. The highest BCUT2D eigenvalue weighted by molar-refractivity contribution is 5.84. The molecule has 2 aliphatic heterocycles. The minimum atomic E-state index is -0.622. The number of carbonyl (C=O) groups excluding carboxylic acids is 1. The van der Waals surface area contributed by atoms with Crippen molar-refractivity contribution in [3.05, 3.63) is 124 Å². The lowest BCUT2D eigenvalue weighted by atomic mass is 9.64. The Labute approximate surface area is 343 Å². The molecule has 4 aromatic carbocycles. The Balaban J connectivity index is 1.32. The molecule has 1 saturated carbocycles. The number of phenolic OH excluding ortho intramolecular Hbond substituents is 2. The second kappa shape index (κ2) is 15.2. The fourth-order valence-corrected chi connectivity index (χ4v) is 10.8. The van der Waals surface area contributed by atoms with Crippen molar-refractivity contribution in [3.8, 4) is 51.7 Å². The number of methoxy groups -OCH3 is 2. The normalized spacial score (nSPS) is 22.5. The number of aliphatic hydroxyl groups excluding tert-OH is 1. The maximum atomic E-state index is 12.4. The van der Waals surface area contributed by atoms with Crippen LogP contribution in [0, 0.1) is 23.7 Å². The Hall–Kier alpha value is -6.18. The molecule has 10 nitrogen and oxygen atoms in total. The van der Waals surface area contributed by atoms with E-state index in [9.17, 15) is 20.1 Å². The number of phenols is 2. The number of benzene rings is 4. The predicted molar refractivity (Wildman–Crippen MR) is 223 cm³/mol. The van der Waals surface area contributed by atoms with Gasteiger partial charge in [0.05, 0.1) is 20.1 Å². The molecule has 4 bridgehead atoms. The van der Waals surface area contributed by atoms with Crippen LogP contribution in [-0.4, -0.2) is 53.7 Å². The van der Waals surface area contributed by atoms with Crippen molar-refractivity contribution in [2.45, 2.75) is 68.8 Å². The number of rotatable bonds is 8. The summed E-state index contributed by atoms with van der Waals surface area (Å²) in [5, 5.41) is 33.5. The smallest absolute Gasteiger partial charge is 0.302 e. The zero-order valence-corrected chi connectivity index (χ0v) is 33.5. The van der Waals surface area contributed by atoms with E-state index in [0.29, 0.717) is 30.1 Å². The molecule has 10 heteroatoms. The van der Waals surface area contributed by atoms with Gasteiger partial charge in [0.2, 0.25) is 0 Å². The van der Waals surface area contributed by atoms with Gasteiger partial charge in [0, 0.05) is 53.7 Å². The summed E-state index contributed by atoms with van der Waals surface area (Å²) in [4.78, 5) is 17.2. The molecule has 1 aromatic heterocycles. The number of aromatic hydroxyl groups is 2. The summed E-state index contributed by atoms with van der Waals surface area (Å²) in [5.41, 5.74) is 14.9. The van der Waals surface area contributed by atoms with E-state index in [2.05, 4.69) is 36.1 Å². The zero-order valence-electron chi connectivity index (χ0n) is 33.5. The minimum absolute atomic E-state index is 0.0341. The first-order chi connectivity index (χ1) is 28.6. The van der Waals surface area contributed by atoms with Gasteiger partial charge >= 0.3 is 5.97 Å². The number of esters is 1. The molecular formula is C49H48N2O8. The first-order valence-corrected chi connectivity index (χ1v) is 20.3. The zero-order chi connectivity index (χ0) is 41.0. The molecule has 5 aromatic rings.